The topological polar surface area (TPSA) is 117 Å². The lowest BCUT2D eigenvalue weighted by molar-refractivity contribution is -0.384. The van der Waals surface area contributed by atoms with Gasteiger partial charge in [0.2, 0.25) is 4.96 Å². The molecular weight excluding hydrogens is 324 g/mol. The van der Waals surface area contributed by atoms with Crippen molar-refractivity contribution in [1.29, 1.82) is 0 Å². The number of carbonyl (C=O) groups is 1. The first-order chi connectivity index (χ1) is 11.0. The van der Waals surface area contributed by atoms with E-state index in [2.05, 4.69) is 14.8 Å². The summed E-state index contributed by atoms with van der Waals surface area (Å²) in [7, 11) is 1.22. The van der Waals surface area contributed by atoms with Gasteiger partial charge in [-0.1, -0.05) is 11.3 Å². The highest BCUT2D eigenvalue weighted by molar-refractivity contribution is 7.18. The molecule has 23 heavy (non-hydrogen) atoms. The van der Waals surface area contributed by atoms with Crippen molar-refractivity contribution in [3.8, 4) is 11.4 Å². The smallest absolute Gasteiger partial charge is 0.348 e. The fourth-order valence-corrected chi connectivity index (χ4v) is 2.74. The van der Waals surface area contributed by atoms with Crippen LogP contribution in [0.25, 0.3) is 16.3 Å². The molecule has 0 aliphatic carbocycles. The molecule has 0 amide bonds. The first-order valence-electron chi connectivity index (χ1n) is 6.23. The van der Waals surface area contributed by atoms with Crippen LogP contribution in [0.4, 0.5) is 5.69 Å². The zero-order valence-corrected chi connectivity index (χ0v) is 12.4. The van der Waals surface area contributed by atoms with Gasteiger partial charge < -0.3 is 4.74 Å². The number of nitro groups is 1. The Morgan fingerprint density at radius 1 is 1.35 bits per heavy atom. The van der Waals surface area contributed by atoms with Crippen LogP contribution in [0, 0.1) is 10.1 Å². The average Bonchev–Trinajstić information content (AvgIpc) is 2.98. The van der Waals surface area contributed by atoms with Crippen molar-refractivity contribution >= 4 is 28.0 Å². The van der Waals surface area contributed by atoms with E-state index in [4.69, 9.17) is 0 Å². The van der Waals surface area contributed by atoms with Gasteiger partial charge in [-0.2, -0.15) is 9.50 Å². The van der Waals surface area contributed by atoms with Crippen molar-refractivity contribution in [1.82, 2.24) is 14.6 Å². The maximum absolute atomic E-state index is 12.0. The Kier molecular flexibility index (Phi) is 3.58. The lowest BCUT2D eigenvalue weighted by atomic mass is 10.2. The SMILES string of the molecule is COC(=O)c1cc(=O)n2nc(-c3ccc([N+](=O)[O-])cc3)nc2s1. The number of methoxy groups -OCH3 is 1. The minimum Gasteiger partial charge on any atom is -0.465 e. The average molecular weight is 332 g/mol. The van der Waals surface area contributed by atoms with Crippen LogP contribution in [0.15, 0.2) is 35.1 Å². The zero-order chi connectivity index (χ0) is 16.6. The van der Waals surface area contributed by atoms with Crippen LogP contribution in [-0.2, 0) is 4.74 Å². The Bertz CT molecular complexity index is 976. The molecular formula is C13H8N4O5S. The minimum absolute atomic E-state index is 0.0576. The number of rotatable bonds is 3. The van der Waals surface area contributed by atoms with Crippen LogP contribution >= 0.6 is 11.3 Å². The van der Waals surface area contributed by atoms with Crippen molar-refractivity contribution in [2.75, 3.05) is 7.11 Å². The monoisotopic (exact) mass is 332 g/mol. The van der Waals surface area contributed by atoms with Crippen LogP contribution in [-0.4, -0.2) is 32.6 Å². The summed E-state index contributed by atoms with van der Waals surface area (Å²) in [6, 6.07) is 6.75. The molecule has 0 bridgehead atoms. The molecule has 0 unspecified atom stereocenters. The molecule has 3 aromatic rings. The number of nitro benzene ring substituents is 1. The third-order valence-electron chi connectivity index (χ3n) is 2.96. The first-order valence-corrected chi connectivity index (χ1v) is 7.05. The molecule has 0 aliphatic rings. The molecule has 3 rings (SSSR count). The lowest BCUT2D eigenvalue weighted by Crippen LogP contribution is -2.14. The largest absolute Gasteiger partial charge is 0.465 e. The second-order valence-electron chi connectivity index (χ2n) is 4.37. The van der Waals surface area contributed by atoms with Crippen molar-refractivity contribution in [2.24, 2.45) is 0 Å². The number of esters is 1. The van der Waals surface area contributed by atoms with Gasteiger partial charge in [-0.3, -0.25) is 14.9 Å². The summed E-state index contributed by atoms with van der Waals surface area (Å²) in [6.07, 6.45) is 0. The highest BCUT2D eigenvalue weighted by Gasteiger charge is 2.15. The van der Waals surface area contributed by atoms with E-state index in [1.165, 1.54) is 31.4 Å². The van der Waals surface area contributed by atoms with E-state index in [-0.39, 0.29) is 21.3 Å². The predicted octanol–water partition coefficient (Wildman–Crippen LogP) is 1.51. The summed E-state index contributed by atoms with van der Waals surface area (Å²) in [5.74, 6) is -0.398. The van der Waals surface area contributed by atoms with Crippen LogP contribution < -0.4 is 5.56 Å². The maximum Gasteiger partial charge on any atom is 0.348 e. The van der Waals surface area contributed by atoms with Gasteiger partial charge >= 0.3 is 5.97 Å². The van der Waals surface area contributed by atoms with Crippen LogP contribution in [0.2, 0.25) is 0 Å². The summed E-state index contributed by atoms with van der Waals surface area (Å²) < 4.78 is 5.64. The molecule has 1 aromatic carbocycles. The predicted molar refractivity (Wildman–Crippen MR) is 80.6 cm³/mol. The molecule has 0 aliphatic heterocycles. The first kappa shape index (κ1) is 14.8. The number of non-ortho nitro benzene ring substituents is 1. The summed E-state index contributed by atoms with van der Waals surface area (Å²) in [5, 5.41) is 14.7. The Hall–Kier alpha value is -3.14. The van der Waals surface area contributed by atoms with Gasteiger partial charge in [0.1, 0.15) is 4.88 Å². The molecule has 0 radical (unpaired) electrons. The molecule has 0 atom stereocenters. The zero-order valence-electron chi connectivity index (χ0n) is 11.6. The van der Waals surface area contributed by atoms with Crippen LogP contribution in [0.3, 0.4) is 0 Å². The number of hydrogen-bond acceptors (Lipinski definition) is 8. The highest BCUT2D eigenvalue weighted by Crippen LogP contribution is 2.21. The number of aromatic nitrogens is 3. The van der Waals surface area contributed by atoms with Gasteiger partial charge in [0.05, 0.1) is 12.0 Å². The van der Waals surface area contributed by atoms with Crippen molar-refractivity contribution in [3.05, 3.63) is 55.7 Å². The van der Waals surface area contributed by atoms with Crippen molar-refractivity contribution < 1.29 is 14.5 Å². The van der Waals surface area contributed by atoms with Crippen molar-refractivity contribution in [3.63, 3.8) is 0 Å². The van der Waals surface area contributed by atoms with E-state index in [0.717, 1.165) is 21.9 Å². The molecule has 2 heterocycles. The molecule has 116 valence electrons. The maximum atomic E-state index is 12.0. The van der Waals surface area contributed by atoms with Gasteiger partial charge in [-0.15, -0.1) is 5.10 Å². The normalized spacial score (nSPS) is 10.7. The van der Waals surface area contributed by atoms with E-state index in [1.807, 2.05) is 0 Å². The number of carbonyl (C=O) groups excluding carboxylic acids is 1. The van der Waals surface area contributed by atoms with E-state index >= 15 is 0 Å². The van der Waals surface area contributed by atoms with Gasteiger partial charge in [-0.25, -0.2) is 4.79 Å². The summed E-state index contributed by atoms with van der Waals surface area (Å²) in [6.45, 7) is 0. The standard InChI is InChI=1S/C13H8N4O5S/c1-22-12(19)9-6-10(18)16-13(23-9)14-11(15-16)7-2-4-8(5-3-7)17(20)21/h2-6H,1H3. The van der Waals surface area contributed by atoms with Crippen LogP contribution in [0.1, 0.15) is 9.67 Å². The van der Waals surface area contributed by atoms with E-state index < -0.39 is 16.5 Å². The Morgan fingerprint density at radius 2 is 2.04 bits per heavy atom. The van der Waals surface area contributed by atoms with Gasteiger partial charge in [0.25, 0.3) is 11.2 Å². The third kappa shape index (κ3) is 2.66. The molecule has 2 aromatic heterocycles. The third-order valence-corrected chi connectivity index (χ3v) is 3.92. The summed E-state index contributed by atoms with van der Waals surface area (Å²) >= 11 is 0.964. The highest BCUT2D eigenvalue weighted by atomic mass is 32.1. The molecule has 0 fully saturated rings. The number of hydrogen-bond donors (Lipinski definition) is 0. The van der Waals surface area contributed by atoms with Gasteiger partial charge in [0.15, 0.2) is 5.82 Å². The number of benzene rings is 1. The molecule has 0 N–H and O–H groups in total. The molecule has 10 heteroatoms. The van der Waals surface area contributed by atoms with Gasteiger partial charge in [0, 0.05) is 23.8 Å². The molecule has 9 nitrogen and oxygen atoms in total. The Labute approximate surface area is 131 Å². The van der Waals surface area contributed by atoms with Crippen LogP contribution in [0.5, 0.6) is 0 Å². The van der Waals surface area contributed by atoms with E-state index in [1.54, 1.807) is 0 Å². The van der Waals surface area contributed by atoms with E-state index in [0.29, 0.717) is 5.56 Å². The quantitative estimate of drug-likeness (QED) is 0.405. The second-order valence-corrected chi connectivity index (χ2v) is 5.38. The Balaban J connectivity index is 2.09. The summed E-state index contributed by atoms with van der Waals surface area (Å²) in [4.78, 5) is 38.2. The minimum atomic E-state index is -0.630. The fraction of sp³-hybridized carbons (Fsp3) is 0.0769. The fourth-order valence-electron chi connectivity index (χ4n) is 1.86. The number of ether oxygens (including phenoxy) is 1. The molecule has 0 saturated carbocycles. The second kappa shape index (κ2) is 5.57. The molecule has 0 saturated heterocycles. The van der Waals surface area contributed by atoms with Crippen molar-refractivity contribution in [2.45, 2.75) is 0 Å². The molecule has 0 spiro atoms. The lowest BCUT2D eigenvalue weighted by Gasteiger charge is -1.96. The number of nitrogens with zero attached hydrogens (tertiary/aromatic N) is 4. The van der Waals surface area contributed by atoms with Gasteiger partial charge in [-0.05, 0) is 12.1 Å². The van der Waals surface area contributed by atoms with E-state index in [9.17, 15) is 19.7 Å². The summed E-state index contributed by atoms with van der Waals surface area (Å²) in [5.41, 5.74) is -0.0526. The number of fused-ring (bicyclic) bond motifs is 1. The Morgan fingerprint density at radius 3 is 2.65 bits per heavy atom.